The summed E-state index contributed by atoms with van der Waals surface area (Å²) in [5.74, 6) is 0.595. The molecule has 0 unspecified atom stereocenters. The minimum absolute atomic E-state index is 0.239. The largest absolute Gasteiger partial charge is 0.494 e. The highest BCUT2D eigenvalue weighted by Gasteiger charge is 2.02. The summed E-state index contributed by atoms with van der Waals surface area (Å²) < 4.78 is 5.60. The molecule has 0 heterocycles. The van der Waals surface area contributed by atoms with Gasteiger partial charge in [0.15, 0.2) is 0 Å². The number of rotatable bonds is 7. The third-order valence-electron chi connectivity index (χ3n) is 3.26. The molecule has 126 valence electrons. The summed E-state index contributed by atoms with van der Waals surface area (Å²) in [7, 11) is 0. The number of unbranched alkanes of at least 4 members (excludes halogenated alkanes) is 1. The summed E-state index contributed by atoms with van der Waals surface area (Å²) in [6.45, 7) is 2.85. The van der Waals surface area contributed by atoms with Crippen LogP contribution in [-0.2, 0) is 4.79 Å². The molecule has 24 heavy (non-hydrogen) atoms. The van der Waals surface area contributed by atoms with E-state index in [1.807, 2.05) is 24.3 Å². The van der Waals surface area contributed by atoms with Gasteiger partial charge in [-0.05, 0) is 48.4 Å². The molecule has 0 saturated carbocycles. The quantitative estimate of drug-likeness (QED) is 0.496. The van der Waals surface area contributed by atoms with Crippen molar-refractivity contribution >= 4 is 40.9 Å². The average Bonchev–Trinajstić information content (AvgIpc) is 2.58. The number of hydrogen-bond donors (Lipinski definition) is 1. The molecular formula is C19H19Cl2NO2. The molecule has 0 radical (unpaired) electrons. The summed E-state index contributed by atoms with van der Waals surface area (Å²) in [4.78, 5) is 11.9. The van der Waals surface area contributed by atoms with Gasteiger partial charge in [-0.15, -0.1) is 0 Å². The number of nitrogens with one attached hydrogen (secondary N) is 1. The Morgan fingerprint density at radius 1 is 1.12 bits per heavy atom. The van der Waals surface area contributed by atoms with Crippen molar-refractivity contribution in [2.45, 2.75) is 19.8 Å². The molecular weight excluding hydrogens is 345 g/mol. The van der Waals surface area contributed by atoms with Gasteiger partial charge in [0.1, 0.15) is 5.75 Å². The molecule has 2 aromatic carbocycles. The number of carbonyl (C=O) groups excluding carboxylic acids is 1. The van der Waals surface area contributed by atoms with Crippen LogP contribution in [-0.4, -0.2) is 12.5 Å². The van der Waals surface area contributed by atoms with E-state index in [4.69, 9.17) is 27.9 Å². The van der Waals surface area contributed by atoms with Gasteiger partial charge in [-0.1, -0.05) is 48.7 Å². The fraction of sp³-hybridized carbons (Fsp3) is 0.211. The van der Waals surface area contributed by atoms with E-state index >= 15 is 0 Å². The van der Waals surface area contributed by atoms with E-state index in [9.17, 15) is 4.79 Å². The van der Waals surface area contributed by atoms with Crippen molar-refractivity contribution in [1.29, 1.82) is 0 Å². The third-order valence-corrected chi connectivity index (χ3v) is 4.00. The highest BCUT2D eigenvalue weighted by molar-refractivity contribution is 6.42. The molecule has 0 aliphatic rings. The zero-order chi connectivity index (χ0) is 17.4. The Hall–Kier alpha value is -1.97. The van der Waals surface area contributed by atoms with Crippen molar-refractivity contribution in [3.63, 3.8) is 0 Å². The normalized spacial score (nSPS) is 10.8. The van der Waals surface area contributed by atoms with Crippen LogP contribution in [0.3, 0.4) is 0 Å². The Labute approximate surface area is 152 Å². The average molecular weight is 364 g/mol. The van der Waals surface area contributed by atoms with Crippen LogP contribution in [0.25, 0.3) is 6.08 Å². The molecule has 0 aromatic heterocycles. The number of hydrogen-bond acceptors (Lipinski definition) is 2. The Kier molecular flexibility index (Phi) is 7.16. The van der Waals surface area contributed by atoms with E-state index in [1.165, 1.54) is 6.08 Å². The number of benzene rings is 2. The van der Waals surface area contributed by atoms with Crippen molar-refractivity contribution in [1.82, 2.24) is 0 Å². The van der Waals surface area contributed by atoms with Gasteiger partial charge in [0, 0.05) is 11.8 Å². The lowest BCUT2D eigenvalue weighted by molar-refractivity contribution is -0.111. The van der Waals surface area contributed by atoms with E-state index in [-0.39, 0.29) is 5.91 Å². The van der Waals surface area contributed by atoms with Crippen LogP contribution in [0.15, 0.2) is 48.5 Å². The number of carbonyl (C=O) groups is 1. The summed E-state index contributed by atoms with van der Waals surface area (Å²) in [6.07, 6.45) is 5.35. The lowest BCUT2D eigenvalue weighted by Crippen LogP contribution is -2.07. The molecule has 2 aromatic rings. The molecule has 0 aliphatic heterocycles. The number of amides is 1. The lowest BCUT2D eigenvalue weighted by Gasteiger charge is -2.05. The molecule has 0 aliphatic carbocycles. The monoisotopic (exact) mass is 363 g/mol. The van der Waals surface area contributed by atoms with Crippen molar-refractivity contribution in [2.24, 2.45) is 0 Å². The standard InChI is InChI=1S/C19H19Cl2NO2/c1-2-3-12-24-16-8-4-14(5-9-16)6-11-19(23)22-15-7-10-17(20)18(21)13-15/h4-11,13H,2-3,12H2,1H3,(H,22,23)/b11-6+. The number of ether oxygens (including phenoxy) is 1. The first-order valence-corrected chi connectivity index (χ1v) is 8.51. The first kappa shape index (κ1) is 18.4. The summed E-state index contributed by atoms with van der Waals surface area (Å²) in [5, 5.41) is 3.58. The minimum atomic E-state index is -0.239. The van der Waals surface area contributed by atoms with Crippen molar-refractivity contribution < 1.29 is 9.53 Å². The van der Waals surface area contributed by atoms with Gasteiger partial charge in [0.2, 0.25) is 5.91 Å². The highest BCUT2D eigenvalue weighted by Crippen LogP contribution is 2.25. The molecule has 0 fully saturated rings. The third kappa shape index (κ3) is 5.91. The Morgan fingerprint density at radius 2 is 1.88 bits per heavy atom. The maximum Gasteiger partial charge on any atom is 0.248 e. The smallest absolute Gasteiger partial charge is 0.248 e. The molecule has 5 heteroatoms. The number of halogens is 2. The maximum atomic E-state index is 11.9. The first-order chi connectivity index (χ1) is 11.6. The second-order valence-corrected chi connectivity index (χ2v) is 6.04. The van der Waals surface area contributed by atoms with Crippen molar-refractivity contribution in [3.05, 3.63) is 64.1 Å². The summed E-state index contributed by atoms with van der Waals surface area (Å²) >= 11 is 11.8. The van der Waals surface area contributed by atoms with Gasteiger partial charge in [0.25, 0.3) is 0 Å². The van der Waals surface area contributed by atoms with Gasteiger partial charge in [-0.2, -0.15) is 0 Å². The molecule has 0 spiro atoms. The minimum Gasteiger partial charge on any atom is -0.494 e. The van der Waals surface area contributed by atoms with E-state index in [2.05, 4.69) is 12.2 Å². The molecule has 0 saturated heterocycles. The zero-order valence-corrected chi connectivity index (χ0v) is 14.9. The van der Waals surface area contributed by atoms with Gasteiger partial charge in [0.05, 0.1) is 16.7 Å². The molecule has 0 bridgehead atoms. The van der Waals surface area contributed by atoms with E-state index < -0.39 is 0 Å². The van der Waals surface area contributed by atoms with Crippen LogP contribution >= 0.6 is 23.2 Å². The summed E-state index contributed by atoms with van der Waals surface area (Å²) in [6, 6.07) is 12.5. The van der Waals surface area contributed by atoms with Crippen molar-refractivity contribution in [3.8, 4) is 5.75 Å². The van der Waals surface area contributed by atoms with Crippen LogP contribution in [0, 0.1) is 0 Å². The predicted octanol–water partition coefficient (Wildman–Crippen LogP) is 5.82. The topological polar surface area (TPSA) is 38.3 Å². The fourth-order valence-electron chi connectivity index (χ4n) is 1.94. The predicted molar refractivity (Wildman–Crippen MR) is 101 cm³/mol. The van der Waals surface area contributed by atoms with E-state index in [0.29, 0.717) is 15.7 Å². The van der Waals surface area contributed by atoms with E-state index in [1.54, 1.807) is 24.3 Å². The van der Waals surface area contributed by atoms with Gasteiger partial charge in [-0.3, -0.25) is 4.79 Å². The van der Waals surface area contributed by atoms with Gasteiger partial charge >= 0.3 is 0 Å². The van der Waals surface area contributed by atoms with Crippen LogP contribution < -0.4 is 10.1 Å². The Bertz CT molecular complexity index is 712. The second kappa shape index (κ2) is 9.36. The molecule has 2 rings (SSSR count). The van der Waals surface area contributed by atoms with Gasteiger partial charge < -0.3 is 10.1 Å². The Morgan fingerprint density at radius 3 is 2.54 bits per heavy atom. The zero-order valence-electron chi connectivity index (χ0n) is 13.4. The molecule has 1 N–H and O–H groups in total. The highest BCUT2D eigenvalue weighted by atomic mass is 35.5. The first-order valence-electron chi connectivity index (χ1n) is 7.75. The van der Waals surface area contributed by atoms with Crippen molar-refractivity contribution in [2.75, 3.05) is 11.9 Å². The lowest BCUT2D eigenvalue weighted by atomic mass is 10.2. The molecule has 3 nitrogen and oxygen atoms in total. The van der Waals surface area contributed by atoms with Crippen LogP contribution in [0.4, 0.5) is 5.69 Å². The molecule has 0 atom stereocenters. The van der Waals surface area contributed by atoms with Gasteiger partial charge in [-0.25, -0.2) is 0 Å². The SMILES string of the molecule is CCCCOc1ccc(/C=C/C(=O)Nc2ccc(Cl)c(Cl)c2)cc1. The second-order valence-electron chi connectivity index (χ2n) is 5.22. The van der Waals surface area contributed by atoms with E-state index in [0.717, 1.165) is 30.8 Å². The number of anilines is 1. The van der Waals surface area contributed by atoms with Crippen LogP contribution in [0.5, 0.6) is 5.75 Å². The summed E-state index contributed by atoms with van der Waals surface area (Å²) in [5.41, 5.74) is 1.51. The fourth-order valence-corrected chi connectivity index (χ4v) is 2.24. The maximum absolute atomic E-state index is 11.9. The Balaban J connectivity index is 1.89. The van der Waals surface area contributed by atoms with Crippen LogP contribution in [0.1, 0.15) is 25.3 Å². The molecule has 1 amide bonds. The van der Waals surface area contributed by atoms with Crippen LogP contribution in [0.2, 0.25) is 10.0 Å².